The van der Waals surface area contributed by atoms with Crippen LogP contribution in [0.2, 0.25) is 0 Å². The third kappa shape index (κ3) is 6.13. The molecule has 1 rings (SSSR count). The largest absolute Gasteiger partial charge is 0.299 e. The highest BCUT2D eigenvalue weighted by atomic mass is 32.1. The molecule has 0 fully saturated rings. The minimum absolute atomic E-state index is 0.789. The molecule has 0 saturated carbocycles. The lowest BCUT2D eigenvalue weighted by Crippen LogP contribution is -2.25. The Labute approximate surface area is 112 Å². The van der Waals surface area contributed by atoms with Gasteiger partial charge in [-0.05, 0) is 43.2 Å². The van der Waals surface area contributed by atoms with Gasteiger partial charge in [0.05, 0.1) is 0 Å². The summed E-state index contributed by atoms with van der Waals surface area (Å²) in [5.74, 6) is 1.80. The predicted molar refractivity (Wildman–Crippen MR) is 79.6 cm³/mol. The van der Waals surface area contributed by atoms with Crippen molar-refractivity contribution in [3.63, 3.8) is 0 Å². The molecule has 2 heteroatoms. The molecule has 0 radical (unpaired) electrons. The summed E-state index contributed by atoms with van der Waals surface area (Å²) in [7, 11) is 0. The van der Waals surface area contributed by atoms with E-state index in [4.69, 9.17) is 0 Å². The lowest BCUT2D eigenvalue weighted by Gasteiger charge is -2.22. The van der Waals surface area contributed by atoms with E-state index in [-0.39, 0.29) is 0 Å². The van der Waals surface area contributed by atoms with Gasteiger partial charge in [0.15, 0.2) is 0 Å². The van der Waals surface area contributed by atoms with Gasteiger partial charge in [-0.2, -0.15) is 12.6 Å². The number of hydrogen-bond donors (Lipinski definition) is 1. The van der Waals surface area contributed by atoms with Gasteiger partial charge in [-0.1, -0.05) is 44.2 Å². The Kier molecular flexibility index (Phi) is 7.38. The molecule has 0 bridgehead atoms. The van der Waals surface area contributed by atoms with Gasteiger partial charge in [0, 0.05) is 6.54 Å². The number of nitrogens with zero attached hydrogens (tertiary/aromatic N) is 1. The van der Waals surface area contributed by atoms with Crippen LogP contribution in [0.15, 0.2) is 30.3 Å². The first-order valence-electron chi connectivity index (χ1n) is 6.63. The summed E-state index contributed by atoms with van der Waals surface area (Å²) in [5.41, 5.74) is 1.41. The summed E-state index contributed by atoms with van der Waals surface area (Å²) in [6, 6.07) is 10.7. The molecule has 17 heavy (non-hydrogen) atoms. The molecule has 0 saturated heterocycles. The fourth-order valence-corrected chi connectivity index (χ4v) is 2.40. The number of benzene rings is 1. The minimum Gasteiger partial charge on any atom is -0.299 e. The lowest BCUT2D eigenvalue weighted by atomic mass is 10.0. The van der Waals surface area contributed by atoms with Gasteiger partial charge < -0.3 is 0 Å². The Morgan fingerprint density at radius 3 is 2.47 bits per heavy atom. The van der Waals surface area contributed by atoms with Crippen LogP contribution in [-0.2, 0) is 6.54 Å². The Morgan fingerprint density at radius 2 is 1.88 bits per heavy atom. The van der Waals surface area contributed by atoms with Crippen LogP contribution >= 0.6 is 12.6 Å². The Bertz CT molecular complexity index is 286. The second kappa shape index (κ2) is 8.60. The molecule has 1 aromatic carbocycles. The molecule has 0 N–H and O–H groups in total. The van der Waals surface area contributed by atoms with Crippen molar-refractivity contribution in [1.82, 2.24) is 4.90 Å². The first kappa shape index (κ1) is 14.6. The molecule has 0 aliphatic carbocycles. The monoisotopic (exact) mass is 251 g/mol. The van der Waals surface area contributed by atoms with Crippen LogP contribution in [0.1, 0.15) is 32.3 Å². The van der Waals surface area contributed by atoms with Crippen LogP contribution < -0.4 is 0 Å². The van der Waals surface area contributed by atoms with Gasteiger partial charge in [-0.3, -0.25) is 4.90 Å². The highest BCUT2D eigenvalue weighted by Gasteiger charge is 2.06. The van der Waals surface area contributed by atoms with Gasteiger partial charge in [-0.25, -0.2) is 0 Å². The molecular weight excluding hydrogens is 226 g/mol. The molecule has 1 aromatic rings. The van der Waals surface area contributed by atoms with E-state index >= 15 is 0 Å². The van der Waals surface area contributed by atoms with Crippen molar-refractivity contribution in [3.8, 4) is 0 Å². The Morgan fingerprint density at radius 1 is 1.18 bits per heavy atom. The zero-order valence-electron chi connectivity index (χ0n) is 11.1. The Hall–Kier alpha value is -0.470. The van der Waals surface area contributed by atoms with E-state index in [1.165, 1.54) is 24.9 Å². The summed E-state index contributed by atoms with van der Waals surface area (Å²) in [6.07, 6.45) is 2.51. The van der Waals surface area contributed by atoms with E-state index in [1.54, 1.807) is 0 Å². The molecule has 0 spiro atoms. The highest BCUT2D eigenvalue weighted by molar-refractivity contribution is 7.80. The van der Waals surface area contributed by atoms with Crippen molar-refractivity contribution in [2.24, 2.45) is 5.92 Å². The van der Waals surface area contributed by atoms with Gasteiger partial charge in [0.2, 0.25) is 0 Å². The van der Waals surface area contributed by atoms with Crippen molar-refractivity contribution < 1.29 is 0 Å². The maximum absolute atomic E-state index is 4.29. The fraction of sp³-hybridized carbons (Fsp3) is 0.600. The summed E-state index contributed by atoms with van der Waals surface area (Å²) >= 11 is 4.29. The van der Waals surface area contributed by atoms with Crippen molar-refractivity contribution in [2.45, 2.75) is 33.2 Å². The molecule has 0 heterocycles. The molecule has 0 amide bonds. The third-order valence-corrected chi connectivity index (χ3v) is 3.51. The number of hydrogen-bond acceptors (Lipinski definition) is 2. The molecule has 96 valence electrons. The zero-order valence-corrected chi connectivity index (χ0v) is 12.0. The summed E-state index contributed by atoms with van der Waals surface area (Å²) in [6.45, 7) is 7.96. The lowest BCUT2D eigenvalue weighted by molar-refractivity contribution is 0.258. The number of thiol groups is 1. The van der Waals surface area contributed by atoms with E-state index in [2.05, 4.69) is 61.7 Å². The van der Waals surface area contributed by atoms with Gasteiger partial charge in [-0.15, -0.1) is 0 Å². The average Bonchev–Trinajstić information content (AvgIpc) is 2.36. The van der Waals surface area contributed by atoms with Crippen LogP contribution in [-0.4, -0.2) is 23.7 Å². The molecule has 1 nitrogen and oxygen atoms in total. The summed E-state index contributed by atoms with van der Waals surface area (Å²) in [4.78, 5) is 2.52. The van der Waals surface area contributed by atoms with Crippen LogP contribution in [0.3, 0.4) is 0 Å². The van der Waals surface area contributed by atoms with E-state index in [0.29, 0.717) is 0 Å². The normalized spacial score (nSPS) is 12.9. The van der Waals surface area contributed by atoms with Crippen LogP contribution in [0.4, 0.5) is 0 Å². The first-order chi connectivity index (χ1) is 8.26. The van der Waals surface area contributed by atoms with E-state index in [9.17, 15) is 0 Å². The molecular formula is C15H25NS. The molecule has 0 aromatic heterocycles. The van der Waals surface area contributed by atoms with Gasteiger partial charge in [0.25, 0.3) is 0 Å². The zero-order chi connectivity index (χ0) is 12.5. The SMILES string of the molecule is CCN(CCC(C)CCS)Cc1ccccc1. The van der Waals surface area contributed by atoms with E-state index in [0.717, 1.165) is 24.8 Å². The van der Waals surface area contributed by atoms with Gasteiger partial charge in [0.1, 0.15) is 0 Å². The third-order valence-electron chi connectivity index (χ3n) is 3.26. The summed E-state index contributed by atoms with van der Waals surface area (Å²) in [5, 5.41) is 0. The Balaban J connectivity index is 2.34. The summed E-state index contributed by atoms with van der Waals surface area (Å²) < 4.78 is 0. The highest BCUT2D eigenvalue weighted by Crippen LogP contribution is 2.11. The standard InChI is InChI=1S/C15H25NS/c1-3-16(11-9-14(2)10-12-17)13-15-7-5-4-6-8-15/h4-8,14,17H,3,9-13H2,1-2H3. The molecule has 0 aliphatic rings. The second-order valence-corrected chi connectivity index (χ2v) is 5.21. The molecule has 0 aliphatic heterocycles. The first-order valence-corrected chi connectivity index (χ1v) is 7.26. The maximum atomic E-state index is 4.29. The van der Waals surface area contributed by atoms with E-state index < -0.39 is 0 Å². The minimum atomic E-state index is 0.789. The van der Waals surface area contributed by atoms with Gasteiger partial charge >= 0.3 is 0 Å². The van der Waals surface area contributed by atoms with Crippen molar-refractivity contribution in [3.05, 3.63) is 35.9 Å². The molecule has 1 atom stereocenters. The average molecular weight is 251 g/mol. The number of rotatable bonds is 8. The maximum Gasteiger partial charge on any atom is 0.0233 e. The van der Waals surface area contributed by atoms with Crippen LogP contribution in [0, 0.1) is 5.92 Å². The quantitative estimate of drug-likeness (QED) is 0.687. The second-order valence-electron chi connectivity index (χ2n) is 4.76. The van der Waals surface area contributed by atoms with Crippen molar-refractivity contribution >= 4 is 12.6 Å². The fourth-order valence-electron chi connectivity index (χ4n) is 1.96. The predicted octanol–water partition coefficient (Wildman–Crippen LogP) is 3.85. The van der Waals surface area contributed by atoms with Crippen molar-refractivity contribution in [2.75, 3.05) is 18.8 Å². The molecule has 1 unspecified atom stereocenters. The van der Waals surface area contributed by atoms with Crippen LogP contribution in [0.25, 0.3) is 0 Å². The van der Waals surface area contributed by atoms with Crippen LogP contribution in [0.5, 0.6) is 0 Å². The topological polar surface area (TPSA) is 3.24 Å². The van der Waals surface area contributed by atoms with Crippen molar-refractivity contribution in [1.29, 1.82) is 0 Å². The van der Waals surface area contributed by atoms with E-state index in [1.807, 2.05) is 0 Å². The smallest absolute Gasteiger partial charge is 0.0233 e.